The standard InChI is InChI=1S/C9H14N2O/c1-3-4-5-8(12)9-10-6-7-11(9)2/h6-7H,3-5H2,1-2H3. The van der Waals surface area contributed by atoms with Crippen molar-refractivity contribution in [3.8, 4) is 0 Å². The number of Topliss-reactive ketones (excluding diaryl/α,β-unsaturated/α-hetero) is 1. The SMILES string of the molecule is CCCCC(=O)c1nccn1C. The van der Waals surface area contributed by atoms with Crippen LogP contribution in [0.4, 0.5) is 0 Å². The van der Waals surface area contributed by atoms with Gasteiger partial charge in [-0.25, -0.2) is 4.98 Å². The Morgan fingerprint density at radius 3 is 2.92 bits per heavy atom. The normalized spacial score (nSPS) is 10.2. The van der Waals surface area contributed by atoms with Crippen LogP contribution in [0, 0.1) is 0 Å². The summed E-state index contributed by atoms with van der Waals surface area (Å²) >= 11 is 0. The molecule has 1 aromatic heterocycles. The fourth-order valence-corrected chi connectivity index (χ4v) is 1.08. The van der Waals surface area contributed by atoms with Crippen molar-refractivity contribution in [3.63, 3.8) is 0 Å². The van der Waals surface area contributed by atoms with E-state index in [1.165, 1.54) is 0 Å². The van der Waals surface area contributed by atoms with Gasteiger partial charge in [0.25, 0.3) is 0 Å². The van der Waals surface area contributed by atoms with Crippen molar-refractivity contribution in [2.45, 2.75) is 26.2 Å². The molecule has 0 aliphatic heterocycles. The molecule has 1 rings (SSSR count). The lowest BCUT2D eigenvalue weighted by Crippen LogP contribution is -2.06. The average Bonchev–Trinajstić information content (AvgIpc) is 2.47. The third-order valence-electron chi connectivity index (χ3n) is 1.83. The highest BCUT2D eigenvalue weighted by atomic mass is 16.1. The summed E-state index contributed by atoms with van der Waals surface area (Å²) in [5, 5.41) is 0. The number of hydrogen-bond donors (Lipinski definition) is 0. The van der Waals surface area contributed by atoms with Crippen LogP contribution in [0.5, 0.6) is 0 Å². The zero-order valence-corrected chi connectivity index (χ0v) is 7.58. The van der Waals surface area contributed by atoms with Crippen molar-refractivity contribution < 1.29 is 4.79 Å². The van der Waals surface area contributed by atoms with E-state index in [1.807, 2.05) is 7.05 Å². The first-order valence-corrected chi connectivity index (χ1v) is 4.26. The molecule has 12 heavy (non-hydrogen) atoms. The quantitative estimate of drug-likeness (QED) is 0.639. The Bertz CT molecular complexity index is 265. The lowest BCUT2D eigenvalue weighted by Gasteiger charge is -1.98. The summed E-state index contributed by atoms with van der Waals surface area (Å²) in [7, 11) is 1.84. The molecule has 0 aliphatic rings. The molecule has 0 unspecified atom stereocenters. The van der Waals surface area contributed by atoms with Crippen LogP contribution in [0.1, 0.15) is 36.8 Å². The number of carbonyl (C=O) groups excluding carboxylic acids is 1. The molecule has 0 bridgehead atoms. The molecule has 1 heterocycles. The third kappa shape index (κ3) is 1.94. The molecule has 0 saturated carbocycles. The fourth-order valence-electron chi connectivity index (χ4n) is 1.08. The molecule has 0 N–H and O–H groups in total. The zero-order chi connectivity index (χ0) is 8.97. The highest BCUT2D eigenvalue weighted by molar-refractivity contribution is 5.92. The van der Waals surface area contributed by atoms with Crippen molar-refractivity contribution in [1.82, 2.24) is 9.55 Å². The number of ketones is 1. The first-order chi connectivity index (χ1) is 5.75. The molecular formula is C9H14N2O. The number of imidazole rings is 1. The van der Waals surface area contributed by atoms with E-state index in [2.05, 4.69) is 11.9 Å². The van der Waals surface area contributed by atoms with E-state index in [9.17, 15) is 4.79 Å². The Labute approximate surface area is 72.4 Å². The molecule has 66 valence electrons. The van der Waals surface area contributed by atoms with Gasteiger partial charge in [-0.1, -0.05) is 13.3 Å². The second-order valence-electron chi connectivity index (χ2n) is 2.89. The lowest BCUT2D eigenvalue weighted by molar-refractivity contribution is 0.0967. The van der Waals surface area contributed by atoms with E-state index in [0.717, 1.165) is 12.8 Å². The van der Waals surface area contributed by atoms with Gasteiger partial charge >= 0.3 is 0 Å². The molecule has 0 saturated heterocycles. The van der Waals surface area contributed by atoms with E-state index < -0.39 is 0 Å². The second kappa shape index (κ2) is 4.04. The summed E-state index contributed by atoms with van der Waals surface area (Å²) in [6, 6.07) is 0. The van der Waals surface area contributed by atoms with Crippen molar-refractivity contribution in [2.75, 3.05) is 0 Å². The third-order valence-corrected chi connectivity index (χ3v) is 1.83. The van der Waals surface area contributed by atoms with Gasteiger partial charge in [0.15, 0.2) is 11.6 Å². The maximum absolute atomic E-state index is 11.4. The lowest BCUT2D eigenvalue weighted by atomic mass is 10.2. The topological polar surface area (TPSA) is 34.9 Å². The summed E-state index contributed by atoms with van der Waals surface area (Å²) in [5.74, 6) is 0.716. The Balaban J connectivity index is 2.59. The van der Waals surface area contributed by atoms with Gasteiger partial charge in [0.2, 0.25) is 0 Å². The Morgan fingerprint density at radius 1 is 1.67 bits per heavy atom. The summed E-state index contributed by atoms with van der Waals surface area (Å²) in [5.41, 5.74) is 0. The van der Waals surface area contributed by atoms with E-state index in [4.69, 9.17) is 0 Å². The van der Waals surface area contributed by atoms with Crippen LogP contribution in [-0.4, -0.2) is 15.3 Å². The Hall–Kier alpha value is -1.12. The van der Waals surface area contributed by atoms with Crippen LogP contribution in [0.15, 0.2) is 12.4 Å². The Morgan fingerprint density at radius 2 is 2.42 bits per heavy atom. The highest BCUT2D eigenvalue weighted by Crippen LogP contribution is 2.03. The van der Waals surface area contributed by atoms with Crippen LogP contribution in [0.3, 0.4) is 0 Å². The second-order valence-corrected chi connectivity index (χ2v) is 2.89. The predicted octanol–water partition coefficient (Wildman–Crippen LogP) is 1.79. The monoisotopic (exact) mass is 166 g/mol. The molecule has 0 atom stereocenters. The summed E-state index contributed by atoms with van der Waals surface area (Å²) in [6.07, 6.45) is 6.06. The minimum absolute atomic E-state index is 0.143. The van der Waals surface area contributed by atoms with Gasteiger partial charge in [0.1, 0.15) is 0 Å². The summed E-state index contributed by atoms with van der Waals surface area (Å²) in [6.45, 7) is 2.08. The van der Waals surface area contributed by atoms with E-state index in [-0.39, 0.29) is 5.78 Å². The van der Waals surface area contributed by atoms with Crippen LogP contribution < -0.4 is 0 Å². The maximum Gasteiger partial charge on any atom is 0.198 e. The van der Waals surface area contributed by atoms with Gasteiger partial charge < -0.3 is 4.57 Å². The smallest absolute Gasteiger partial charge is 0.198 e. The van der Waals surface area contributed by atoms with Crippen LogP contribution in [0.2, 0.25) is 0 Å². The molecule has 1 aromatic rings. The number of unbranched alkanes of at least 4 members (excludes halogenated alkanes) is 1. The van der Waals surface area contributed by atoms with Crippen molar-refractivity contribution >= 4 is 5.78 Å². The van der Waals surface area contributed by atoms with Crippen molar-refractivity contribution in [2.24, 2.45) is 7.05 Å². The zero-order valence-electron chi connectivity index (χ0n) is 7.58. The van der Waals surface area contributed by atoms with Gasteiger partial charge in [-0.15, -0.1) is 0 Å². The molecule has 3 nitrogen and oxygen atoms in total. The number of carbonyl (C=O) groups is 1. The number of nitrogens with zero attached hydrogens (tertiary/aromatic N) is 2. The number of aryl methyl sites for hydroxylation is 1. The molecule has 3 heteroatoms. The molecule has 0 aliphatic carbocycles. The van der Waals surface area contributed by atoms with Gasteiger partial charge in [0, 0.05) is 25.9 Å². The average molecular weight is 166 g/mol. The Kier molecular flexibility index (Phi) is 3.02. The predicted molar refractivity (Wildman–Crippen MR) is 47.1 cm³/mol. The molecular weight excluding hydrogens is 152 g/mol. The first kappa shape index (κ1) is 8.97. The van der Waals surface area contributed by atoms with Crippen LogP contribution in [0.25, 0.3) is 0 Å². The van der Waals surface area contributed by atoms with E-state index in [1.54, 1.807) is 17.0 Å². The van der Waals surface area contributed by atoms with Gasteiger partial charge in [-0.05, 0) is 6.42 Å². The molecule has 0 spiro atoms. The molecule has 0 amide bonds. The number of rotatable bonds is 4. The van der Waals surface area contributed by atoms with Gasteiger partial charge in [0.05, 0.1) is 0 Å². The first-order valence-electron chi connectivity index (χ1n) is 4.26. The van der Waals surface area contributed by atoms with Crippen molar-refractivity contribution in [1.29, 1.82) is 0 Å². The fraction of sp³-hybridized carbons (Fsp3) is 0.556. The highest BCUT2D eigenvalue weighted by Gasteiger charge is 2.08. The van der Waals surface area contributed by atoms with Crippen LogP contribution >= 0.6 is 0 Å². The maximum atomic E-state index is 11.4. The molecule has 0 aromatic carbocycles. The number of aromatic nitrogens is 2. The van der Waals surface area contributed by atoms with Gasteiger partial charge in [-0.2, -0.15) is 0 Å². The molecule has 0 fully saturated rings. The summed E-state index contributed by atoms with van der Waals surface area (Å²) in [4.78, 5) is 15.4. The van der Waals surface area contributed by atoms with E-state index >= 15 is 0 Å². The minimum atomic E-state index is 0.143. The van der Waals surface area contributed by atoms with E-state index in [0.29, 0.717) is 12.2 Å². The van der Waals surface area contributed by atoms with Crippen molar-refractivity contribution in [3.05, 3.63) is 18.2 Å². The van der Waals surface area contributed by atoms with Crippen LogP contribution in [-0.2, 0) is 7.05 Å². The van der Waals surface area contributed by atoms with Gasteiger partial charge in [-0.3, -0.25) is 4.79 Å². The minimum Gasteiger partial charge on any atom is -0.332 e. The summed E-state index contributed by atoms with van der Waals surface area (Å²) < 4.78 is 1.76. The largest absolute Gasteiger partial charge is 0.332 e. The number of hydrogen-bond acceptors (Lipinski definition) is 2. The molecule has 0 radical (unpaired) electrons.